The van der Waals surface area contributed by atoms with Crippen molar-refractivity contribution in [2.45, 2.75) is 27.3 Å². The molecule has 0 aliphatic carbocycles. The topological polar surface area (TPSA) is 63.3 Å². The summed E-state index contributed by atoms with van der Waals surface area (Å²) in [6, 6.07) is 16.4. The van der Waals surface area contributed by atoms with Crippen LogP contribution < -0.4 is 11.1 Å². The predicted octanol–water partition coefficient (Wildman–Crippen LogP) is 4.66. The van der Waals surface area contributed by atoms with Crippen molar-refractivity contribution in [2.24, 2.45) is 10.7 Å². The normalized spacial score (nSPS) is 11.6. The zero-order chi connectivity index (χ0) is 17.8. The van der Waals surface area contributed by atoms with Crippen molar-refractivity contribution in [3.8, 4) is 10.6 Å². The second-order valence-corrected chi connectivity index (χ2v) is 7.10. The zero-order valence-electron chi connectivity index (χ0n) is 14.7. The van der Waals surface area contributed by atoms with Crippen molar-refractivity contribution in [2.75, 3.05) is 5.32 Å². The lowest BCUT2D eigenvalue weighted by atomic mass is 10.1. The Bertz CT molecular complexity index is 897. The van der Waals surface area contributed by atoms with Gasteiger partial charge in [-0.2, -0.15) is 0 Å². The molecule has 0 aliphatic rings. The van der Waals surface area contributed by atoms with E-state index in [4.69, 9.17) is 5.73 Å². The van der Waals surface area contributed by atoms with Crippen LogP contribution in [0.3, 0.4) is 0 Å². The third-order valence-corrected chi connectivity index (χ3v) is 5.28. The van der Waals surface area contributed by atoms with Gasteiger partial charge in [-0.1, -0.05) is 36.4 Å². The highest BCUT2D eigenvalue weighted by Gasteiger charge is 2.09. The fourth-order valence-electron chi connectivity index (χ4n) is 2.44. The van der Waals surface area contributed by atoms with Crippen LogP contribution in [-0.2, 0) is 6.54 Å². The summed E-state index contributed by atoms with van der Waals surface area (Å²) in [7, 11) is 0. The molecule has 0 fully saturated rings. The molecule has 0 unspecified atom stereocenters. The molecule has 0 atom stereocenters. The van der Waals surface area contributed by atoms with E-state index in [-0.39, 0.29) is 0 Å². The summed E-state index contributed by atoms with van der Waals surface area (Å²) < 4.78 is 0. The highest BCUT2D eigenvalue weighted by atomic mass is 32.1. The lowest BCUT2D eigenvalue weighted by Gasteiger charge is -2.07. The van der Waals surface area contributed by atoms with Crippen molar-refractivity contribution in [3.05, 3.63) is 70.2 Å². The molecule has 0 saturated carbocycles. The molecule has 0 saturated heterocycles. The van der Waals surface area contributed by atoms with Crippen LogP contribution in [-0.4, -0.2) is 10.9 Å². The average molecular weight is 350 g/mol. The summed E-state index contributed by atoms with van der Waals surface area (Å²) in [5.41, 5.74) is 11.6. The molecule has 25 heavy (non-hydrogen) atoms. The summed E-state index contributed by atoms with van der Waals surface area (Å²) in [4.78, 5) is 10.2. The quantitative estimate of drug-likeness (QED) is 0.531. The van der Waals surface area contributed by atoms with E-state index >= 15 is 0 Å². The van der Waals surface area contributed by atoms with E-state index in [1.807, 2.05) is 31.2 Å². The van der Waals surface area contributed by atoms with Crippen molar-refractivity contribution >= 4 is 23.0 Å². The van der Waals surface area contributed by atoms with Crippen molar-refractivity contribution in [1.82, 2.24) is 4.98 Å². The summed E-state index contributed by atoms with van der Waals surface area (Å²) in [6.07, 6.45) is 0. The van der Waals surface area contributed by atoms with Gasteiger partial charge in [0.05, 0.1) is 12.2 Å². The van der Waals surface area contributed by atoms with Crippen LogP contribution in [0.2, 0.25) is 0 Å². The van der Waals surface area contributed by atoms with Crippen LogP contribution in [0.1, 0.15) is 21.7 Å². The maximum atomic E-state index is 6.03. The molecule has 3 aromatic rings. The minimum atomic E-state index is 0.414. The Kier molecular flexibility index (Phi) is 5.14. The minimum Gasteiger partial charge on any atom is -0.370 e. The number of hydrogen-bond donors (Lipinski definition) is 2. The van der Waals surface area contributed by atoms with Gasteiger partial charge >= 0.3 is 0 Å². The number of aliphatic imine (C=N–C) groups is 1. The second-order valence-electron chi connectivity index (χ2n) is 6.02. The first-order valence-corrected chi connectivity index (χ1v) is 9.00. The first kappa shape index (κ1) is 17.2. The Morgan fingerprint density at radius 1 is 1.08 bits per heavy atom. The molecule has 3 rings (SSSR count). The van der Waals surface area contributed by atoms with Gasteiger partial charge in [0.2, 0.25) is 0 Å². The SMILES string of the molecule is Cc1ccc(NC(N)=NCc2sc(-c3ccccc3)nc2C)cc1C. The third-order valence-electron chi connectivity index (χ3n) is 4.09. The Hall–Kier alpha value is -2.66. The van der Waals surface area contributed by atoms with E-state index in [0.29, 0.717) is 12.5 Å². The largest absolute Gasteiger partial charge is 0.370 e. The Balaban J connectivity index is 1.70. The predicted molar refractivity (Wildman–Crippen MR) is 107 cm³/mol. The van der Waals surface area contributed by atoms with Crippen molar-refractivity contribution in [3.63, 3.8) is 0 Å². The monoisotopic (exact) mass is 350 g/mol. The molecule has 0 amide bonds. The van der Waals surface area contributed by atoms with Gasteiger partial charge < -0.3 is 11.1 Å². The molecule has 3 N–H and O–H groups in total. The summed E-state index contributed by atoms with van der Waals surface area (Å²) >= 11 is 1.66. The molecule has 2 aromatic carbocycles. The summed E-state index contributed by atoms with van der Waals surface area (Å²) in [5.74, 6) is 0.414. The number of rotatable bonds is 4. The van der Waals surface area contributed by atoms with Crippen molar-refractivity contribution in [1.29, 1.82) is 0 Å². The van der Waals surface area contributed by atoms with E-state index in [1.165, 1.54) is 11.1 Å². The maximum Gasteiger partial charge on any atom is 0.193 e. The van der Waals surface area contributed by atoms with Crippen LogP contribution in [0, 0.1) is 20.8 Å². The Labute approximate surface area is 152 Å². The van der Waals surface area contributed by atoms with Gasteiger partial charge in [-0.05, 0) is 44.0 Å². The number of nitrogens with two attached hydrogens (primary N) is 1. The van der Waals surface area contributed by atoms with E-state index in [2.05, 4.69) is 53.4 Å². The fourth-order valence-corrected chi connectivity index (χ4v) is 3.43. The Morgan fingerprint density at radius 2 is 1.84 bits per heavy atom. The molecule has 0 aliphatic heterocycles. The van der Waals surface area contributed by atoms with Gasteiger partial charge in [0, 0.05) is 16.1 Å². The number of nitrogens with zero attached hydrogens (tertiary/aromatic N) is 2. The van der Waals surface area contributed by atoms with Gasteiger partial charge in [-0.3, -0.25) is 0 Å². The molecular formula is C20H22N4S. The van der Waals surface area contributed by atoms with Gasteiger partial charge in [-0.15, -0.1) is 11.3 Å². The number of aromatic nitrogens is 1. The lowest BCUT2D eigenvalue weighted by molar-refractivity contribution is 1.05. The smallest absolute Gasteiger partial charge is 0.193 e. The van der Waals surface area contributed by atoms with Gasteiger partial charge in [0.1, 0.15) is 5.01 Å². The average Bonchev–Trinajstić information content (AvgIpc) is 2.98. The summed E-state index contributed by atoms with van der Waals surface area (Å²) in [5, 5.41) is 4.17. The molecule has 128 valence electrons. The number of aryl methyl sites for hydroxylation is 3. The van der Waals surface area contributed by atoms with E-state index < -0.39 is 0 Å². The first-order valence-electron chi connectivity index (χ1n) is 8.19. The number of nitrogens with one attached hydrogen (secondary N) is 1. The molecule has 1 aromatic heterocycles. The highest BCUT2D eigenvalue weighted by molar-refractivity contribution is 7.15. The van der Waals surface area contributed by atoms with Gasteiger partial charge in [-0.25, -0.2) is 9.98 Å². The van der Waals surface area contributed by atoms with E-state index in [1.54, 1.807) is 11.3 Å². The first-order chi connectivity index (χ1) is 12.0. The minimum absolute atomic E-state index is 0.414. The fraction of sp³-hybridized carbons (Fsp3) is 0.200. The Morgan fingerprint density at radius 3 is 2.56 bits per heavy atom. The molecule has 4 nitrogen and oxygen atoms in total. The highest BCUT2D eigenvalue weighted by Crippen LogP contribution is 2.28. The standard InChI is InChI=1S/C20H22N4S/c1-13-9-10-17(11-14(13)2)24-20(21)22-12-18-15(3)23-19(25-18)16-7-5-4-6-8-16/h4-11H,12H2,1-3H3,(H3,21,22,24). The molecule has 5 heteroatoms. The molecular weight excluding hydrogens is 328 g/mol. The van der Waals surface area contributed by atoms with Crippen LogP contribution in [0.5, 0.6) is 0 Å². The number of hydrogen-bond acceptors (Lipinski definition) is 3. The molecule has 0 radical (unpaired) electrons. The van der Waals surface area contributed by atoms with Crippen LogP contribution >= 0.6 is 11.3 Å². The molecule has 0 bridgehead atoms. The third kappa shape index (κ3) is 4.25. The van der Waals surface area contributed by atoms with Crippen LogP contribution in [0.25, 0.3) is 10.6 Å². The number of benzene rings is 2. The van der Waals surface area contributed by atoms with Crippen molar-refractivity contribution < 1.29 is 0 Å². The summed E-state index contributed by atoms with van der Waals surface area (Å²) in [6.45, 7) is 6.72. The maximum absolute atomic E-state index is 6.03. The number of guanidine groups is 1. The van der Waals surface area contributed by atoms with Crippen LogP contribution in [0.4, 0.5) is 5.69 Å². The second kappa shape index (κ2) is 7.49. The van der Waals surface area contributed by atoms with E-state index in [0.717, 1.165) is 26.8 Å². The van der Waals surface area contributed by atoms with Gasteiger partial charge in [0.15, 0.2) is 5.96 Å². The van der Waals surface area contributed by atoms with Gasteiger partial charge in [0.25, 0.3) is 0 Å². The molecule has 1 heterocycles. The number of anilines is 1. The lowest BCUT2D eigenvalue weighted by Crippen LogP contribution is -2.22. The molecule has 0 spiro atoms. The zero-order valence-corrected chi connectivity index (χ0v) is 15.5. The van der Waals surface area contributed by atoms with Crippen LogP contribution in [0.15, 0.2) is 53.5 Å². The number of thiazole rings is 1. The van der Waals surface area contributed by atoms with E-state index in [9.17, 15) is 0 Å².